The zero-order chi connectivity index (χ0) is 19.5. The molecule has 2 aromatic carbocycles. The number of amides is 1. The molecule has 1 aliphatic rings. The predicted molar refractivity (Wildman–Crippen MR) is 107 cm³/mol. The van der Waals surface area contributed by atoms with Crippen molar-refractivity contribution in [2.45, 2.75) is 12.3 Å². The summed E-state index contributed by atoms with van der Waals surface area (Å²) >= 11 is 0. The number of hydrogen-bond acceptors (Lipinski definition) is 3. The van der Waals surface area contributed by atoms with E-state index in [1.807, 2.05) is 6.07 Å². The van der Waals surface area contributed by atoms with Crippen LogP contribution in [0.25, 0.3) is 10.9 Å². The Hall–Kier alpha value is -2.99. The Kier molecular flexibility index (Phi) is 5.21. The molecule has 1 aromatic heterocycles. The van der Waals surface area contributed by atoms with Gasteiger partial charge in [-0.2, -0.15) is 0 Å². The third-order valence-corrected chi connectivity index (χ3v) is 5.31. The Balaban J connectivity index is 1.37. The first-order valence-corrected chi connectivity index (χ1v) is 9.48. The average Bonchev–Trinajstić information content (AvgIpc) is 3.16. The Morgan fingerprint density at radius 1 is 1.18 bits per heavy atom. The summed E-state index contributed by atoms with van der Waals surface area (Å²) in [5.41, 5.74) is 1.52. The first kappa shape index (κ1) is 18.4. The largest absolute Gasteiger partial charge is 0.351 e. The van der Waals surface area contributed by atoms with E-state index in [0.717, 1.165) is 26.1 Å². The molecule has 144 valence electrons. The maximum absolute atomic E-state index is 13.4. The van der Waals surface area contributed by atoms with Crippen LogP contribution in [0.15, 0.2) is 59.4 Å². The zero-order valence-corrected chi connectivity index (χ0v) is 15.5. The van der Waals surface area contributed by atoms with Crippen molar-refractivity contribution in [2.75, 3.05) is 26.2 Å². The molecule has 0 saturated carbocycles. The SMILES string of the molecule is O=C(NCCN1CCC(c2ccccc2)C1)c1cc(=O)[nH]c2cc(F)ccc12. The fourth-order valence-electron chi connectivity index (χ4n) is 3.88. The fraction of sp³-hybridized carbons (Fsp3) is 0.273. The number of nitrogens with zero attached hydrogens (tertiary/aromatic N) is 1. The van der Waals surface area contributed by atoms with Gasteiger partial charge >= 0.3 is 0 Å². The molecule has 2 N–H and O–H groups in total. The minimum atomic E-state index is -0.456. The van der Waals surface area contributed by atoms with Crippen LogP contribution in [0.2, 0.25) is 0 Å². The molecule has 2 heterocycles. The first-order chi connectivity index (χ1) is 13.6. The summed E-state index contributed by atoms with van der Waals surface area (Å²) in [6.45, 7) is 3.23. The molecule has 0 bridgehead atoms. The van der Waals surface area contributed by atoms with Gasteiger partial charge in [0.25, 0.3) is 5.91 Å². The molecule has 5 nitrogen and oxygen atoms in total. The number of carbonyl (C=O) groups excluding carboxylic acids is 1. The van der Waals surface area contributed by atoms with Crippen molar-refractivity contribution in [3.63, 3.8) is 0 Å². The van der Waals surface area contributed by atoms with E-state index in [1.54, 1.807) is 0 Å². The molecule has 1 amide bonds. The van der Waals surface area contributed by atoms with Gasteiger partial charge in [0, 0.05) is 31.1 Å². The first-order valence-electron chi connectivity index (χ1n) is 9.48. The smallest absolute Gasteiger partial charge is 0.252 e. The molecule has 1 aliphatic heterocycles. The lowest BCUT2D eigenvalue weighted by Gasteiger charge is -2.17. The lowest BCUT2D eigenvalue weighted by Crippen LogP contribution is -2.34. The second-order valence-corrected chi connectivity index (χ2v) is 7.19. The minimum absolute atomic E-state index is 0.266. The Labute approximate surface area is 162 Å². The van der Waals surface area contributed by atoms with Gasteiger partial charge in [-0.3, -0.25) is 9.59 Å². The van der Waals surface area contributed by atoms with Crippen LogP contribution in [0.1, 0.15) is 28.3 Å². The number of aromatic nitrogens is 1. The second kappa shape index (κ2) is 7.94. The van der Waals surface area contributed by atoms with Gasteiger partial charge in [0.05, 0.1) is 11.1 Å². The molecule has 1 atom stereocenters. The quantitative estimate of drug-likeness (QED) is 0.716. The molecule has 1 unspecified atom stereocenters. The molecule has 0 aliphatic carbocycles. The highest BCUT2D eigenvalue weighted by Crippen LogP contribution is 2.26. The molecule has 6 heteroatoms. The van der Waals surface area contributed by atoms with E-state index in [9.17, 15) is 14.0 Å². The van der Waals surface area contributed by atoms with Crippen LogP contribution in [0.5, 0.6) is 0 Å². The number of hydrogen-bond donors (Lipinski definition) is 2. The van der Waals surface area contributed by atoms with Crippen molar-refractivity contribution < 1.29 is 9.18 Å². The lowest BCUT2D eigenvalue weighted by atomic mass is 9.99. The third-order valence-electron chi connectivity index (χ3n) is 5.31. The Morgan fingerprint density at radius 3 is 2.82 bits per heavy atom. The van der Waals surface area contributed by atoms with E-state index in [1.165, 1.54) is 29.8 Å². The minimum Gasteiger partial charge on any atom is -0.351 e. The van der Waals surface area contributed by atoms with Crippen LogP contribution >= 0.6 is 0 Å². The van der Waals surface area contributed by atoms with Gasteiger partial charge in [-0.05, 0) is 42.6 Å². The Bertz CT molecular complexity index is 1050. The summed E-state index contributed by atoms with van der Waals surface area (Å²) in [6.07, 6.45) is 1.11. The maximum atomic E-state index is 13.4. The number of halogens is 1. The number of fused-ring (bicyclic) bond motifs is 1. The van der Waals surface area contributed by atoms with Crippen LogP contribution < -0.4 is 10.9 Å². The van der Waals surface area contributed by atoms with Gasteiger partial charge in [-0.15, -0.1) is 0 Å². The van der Waals surface area contributed by atoms with Crippen molar-refractivity contribution in [2.24, 2.45) is 0 Å². The average molecular weight is 379 g/mol. The molecule has 4 rings (SSSR count). The van der Waals surface area contributed by atoms with Gasteiger partial charge in [-0.1, -0.05) is 30.3 Å². The van der Waals surface area contributed by atoms with Gasteiger partial charge in [0.15, 0.2) is 0 Å². The summed E-state index contributed by atoms with van der Waals surface area (Å²) in [4.78, 5) is 29.3. The molecule has 3 aromatic rings. The van der Waals surface area contributed by atoms with E-state index in [2.05, 4.69) is 39.5 Å². The summed E-state index contributed by atoms with van der Waals surface area (Å²) in [6, 6.07) is 15.8. The Morgan fingerprint density at radius 2 is 2.00 bits per heavy atom. The van der Waals surface area contributed by atoms with E-state index in [4.69, 9.17) is 0 Å². The van der Waals surface area contributed by atoms with Gasteiger partial charge in [0.1, 0.15) is 5.82 Å². The molecule has 1 saturated heterocycles. The highest BCUT2D eigenvalue weighted by atomic mass is 19.1. The molecule has 1 fully saturated rings. The van der Waals surface area contributed by atoms with Crippen LogP contribution in [-0.4, -0.2) is 42.0 Å². The second-order valence-electron chi connectivity index (χ2n) is 7.19. The summed E-state index contributed by atoms with van der Waals surface area (Å²) in [5.74, 6) is -0.243. The molecule has 0 spiro atoms. The molecule has 0 radical (unpaired) electrons. The van der Waals surface area contributed by atoms with Gasteiger partial charge in [-0.25, -0.2) is 4.39 Å². The number of carbonyl (C=O) groups is 1. The van der Waals surface area contributed by atoms with Gasteiger partial charge < -0.3 is 15.2 Å². The summed E-state index contributed by atoms with van der Waals surface area (Å²) < 4.78 is 13.4. The summed E-state index contributed by atoms with van der Waals surface area (Å²) in [7, 11) is 0. The van der Waals surface area contributed by atoms with E-state index in [0.29, 0.717) is 23.4 Å². The van der Waals surface area contributed by atoms with Crippen LogP contribution in [0.4, 0.5) is 4.39 Å². The van der Waals surface area contributed by atoms with Crippen molar-refractivity contribution in [1.82, 2.24) is 15.2 Å². The van der Waals surface area contributed by atoms with E-state index < -0.39 is 11.4 Å². The summed E-state index contributed by atoms with van der Waals surface area (Å²) in [5, 5.41) is 3.42. The standard InChI is InChI=1S/C22H22FN3O2/c23-17-6-7-18-19(13-21(27)25-20(18)12-17)22(28)24-9-11-26-10-8-16(14-26)15-4-2-1-3-5-15/h1-7,12-13,16H,8-11,14H2,(H,24,28)(H,25,27). The number of nitrogens with one attached hydrogen (secondary N) is 2. The van der Waals surface area contributed by atoms with E-state index in [-0.39, 0.29) is 11.5 Å². The van der Waals surface area contributed by atoms with Crippen LogP contribution in [0.3, 0.4) is 0 Å². The van der Waals surface area contributed by atoms with Gasteiger partial charge in [0.2, 0.25) is 5.56 Å². The molecular weight excluding hydrogens is 357 g/mol. The van der Waals surface area contributed by atoms with Crippen molar-refractivity contribution in [3.05, 3.63) is 81.9 Å². The number of H-pyrrole nitrogens is 1. The van der Waals surface area contributed by atoms with Crippen LogP contribution in [-0.2, 0) is 0 Å². The van der Waals surface area contributed by atoms with Crippen molar-refractivity contribution >= 4 is 16.8 Å². The zero-order valence-electron chi connectivity index (χ0n) is 15.5. The third kappa shape index (κ3) is 3.97. The van der Waals surface area contributed by atoms with Crippen LogP contribution in [0, 0.1) is 5.82 Å². The maximum Gasteiger partial charge on any atom is 0.252 e. The highest BCUT2D eigenvalue weighted by Gasteiger charge is 2.23. The van der Waals surface area contributed by atoms with Crippen molar-refractivity contribution in [3.8, 4) is 0 Å². The number of benzene rings is 2. The number of likely N-dealkylation sites (tertiary alicyclic amines) is 1. The monoisotopic (exact) mass is 379 g/mol. The lowest BCUT2D eigenvalue weighted by molar-refractivity contribution is 0.0951. The number of rotatable bonds is 5. The highest BCUT2D eigenvalue weighted by molar-refractivity contribution is 6.05. The topological polar surface area (TPSA) is 65.2 Å². The molecule has 28 heavy (non-hydrogen) atoms. The fourth-order valence-corrected chi connectivity index (χ4v) is 3.88. The van der Waals surface area contributed by atoms with Crippen molar-refractivity contribution in [1.29, 1.82) is 0 Å². The molecular formula is C22H22FN3O2. The number of pyridine rings is 1. The van der Waals surface area contributed by atoms with E-state index >= 15 is 0 Å². The predicted octanol–water partition coefficient (Wildman–Crippen LogP) is 2.89. The normalized spacial score (nSPS) is 17.1. The number of aromatic amines is 1.